The number of rotatable bonds is 6. The van der Waals surface area contributed by atoms with Gasteiger partial charge in [0.1, 0.15) is 5.82 Å². The number of fused-ring (bicyclic) bond motifs is 2. The van der Waals surface area contributed by atoms with Gasteiger partial charge in [-0.2, -0.15) is 0 Å². The van der Waals surface area contributed by atoms with Crippen molar-refractivity contribution in [3.8, 4) is 0 Å². The average Bonchev–Trinajstić information content (AvgIpc) is 2.71. The van der Waals surface area contributed by atoms with E-state index in [1.54, 1.807) is 18.2 Å². The number of anilines is 1. The maximum Gasteiger partial charge on any atom is 0.303 e. The van der Waals surface area contributed by atoms with E-state index >= 15 is 0 Å². The number of hydrogen-bond acceptors (Lipinski definition) is 4. The minimum absolute atomic E-state index is 0. The molecule has 0 fully saturated rings. The van der Waals surface area contributed by atoms with Crippen molar-refractivity contribution in [1.29, 1.82) is 0 Å². The van der Waals surface area contributed by atoms with Crippen LogP contribution >= 0.6 is 28.3 Å². The van der Waals surface area contributed by atoms with Gasteiger partial charge >= 0.3 is 5.97 Å². The van der Waals surface area contributed by atoms with E-state index in [9.17, 15) is 17.6 Å². The fourth-order valence-electron chi connectivity index (χ4n) is 3.32. The summed E-state index contributed by atoms with van der Waals surface area (Å²) < 4.78 is 41.9. The largest absolute Gasteiger partial charge is 0.481 e. The third kappa shape index (κ3) is 4.74. The molecule has 10 heteroatoms. The van der Waals surface area contributed by atoms with Crippen molar-refractivity contribution in [2.75, 3.05) is 17.9 Å². The summed E-state index contributed by atoms with van der Waals surface area (Å²) in [6, 6.07) is 9.07. The summed E-state index contributed by atoms with van der Waals surface area (Å²) in [4.78, 5) is 10.7. The van der Waals surface area contributed by atoms with E-state index in [0.717, 1.165) is 0 Å². The van der Waals surface area contributed by atoms with E-state index < -0.39 is 27.9 Å². The minimum atomic E-state index is -3.87. The number of halogens is 3. The molecule has 0 saturated heterocycles. The zero-order chi connectivity index (χ0) is 20.5. The van der Waals surface area contributed by atoms with Gasteiger partial charge in [0.05, 0.1) is 21.1 Å². The maximum atomic E-state index is 14.3. The summed E-state index contributed by atoms with van der Waals surface area (Å²) >= 11 is 3.08. The first-order valence-electron chi connectivity index (χ1n) is 8.75. The van der Waals surface area contributed by atoms with Gasteiger partial charge in [0.15, 0.2) is 0 Å². The molecule has 1 heterocycles. The molecule has 0 aromatic heterocycles. The Morgan fingerprint density at radius 1 is 1.24 bits per heavy atom. The zero-order valence-corrected chi connectivity index (χ0v) is 18.8. The van der Waals surface area contributed by atoms with Crippen LogP contribution in [0, 0.1) is 5.82 Å². The summed E-state index contributed by atoms with van der Waals surface area (Å²) in [6.45, 7) is 0.465. The van der Waals surface area contributed by atoms with Crippen molar-refractivity contribution in [2.45, 2.75) is 30.2 Å². The Hall–Kier alpha value is -1.68. The molecule has 1 aliphatic heterocycles. The highest BCUT2D eigenvalue weighted by Crippen LogP contribution is 2.41. The van der Waals surface area contributed by atoms with Crippen LogP contribution in [0.25, 0.3) is 0 Å². The van der Waals surface area contributed by atoms with Gasteiger partial charge in [-0.25, -0.2) is 12.8 Å². The molecule has 6 nitrogen and oxygen atoms in total. The summed E-state index contributed by atoms with van der Waals surface area (Å²) in [6.07, 6.45) is 1.16. The van der Waals surface area contributed by atoms with Gasteiger partial charge in [0.25, 0.3) is 10.0 Å². The molecule has 2 aromatic carbocycles. The first-order valence-corrected chi connectivity index (χ1v) is 11.0. The van der Waals surface area contributed by atoms with Crippen LogP contribution < -0.4 is 9.62 Å². The van der Waals surface area contributed by atoms with E-state index in [4.69, 9.17) is 5.11 Å². The predicted octanol–water partition coefficient (Wildman–Crippen LogP) is 4.08. The van der Waals surface area contributed by atoms with Crippen LogP contribution in [0.3, 0.4) is 0 Å². The fraction of sp³-hybridized carbons (Fsp3) is 0.316. The zero-order valence-electron chi connectivity index (χ0n) is 15.6. The lowest BCUT2D eigenvalue weighted by atomic mass is 9.96. The first-order chi connectivity index (χ1) is 13.2. The lowest BCUT2D eigenvalue weighted by Gasteiger charge is -2.22. The maximum absolute atomic E-state index is 14.3. The third-order valence-electron chi connectivity index (χ3n) is 4.76. The van der Waals surface area contributed by atoms with Crippen molar-refractivity contribution in [3.63, 3.8) is 0 Å². The van der Waals surface area contributed by atoms with Crippen LogP contribution in [0.5, 0.6) is 0 Å². The number of sulfonamides is 1. The highest BCUT2D eigenvalue weighted by molar-refractivity contribution is 9.10. The molecule has 2 N–H and O–H groups in total. The van der Waals surface area contributed by atoms with E-state index in [1.165, 1.54) is 23.5 Å². The Morgan fingerprint density at radius 3 is 2.62 bits per heavy atom. The Bertz CT molecular complexity index is 1020. The molecule has 0 saturated carbocycles. The standard InChI is InChI=1S/C19H20BrFN2O4S.ClH/c1-23-16-7-3-2-6-12(16)19(22-9-5-4-8-18(24)25)13-10-15(21)14(20)11-17(13)28(23,26)27;/h2-3,6-7,10-11,19,22H,4-5,8-9H2,1H3,(H,24,25);1H. The lowest BCUT2D eigenvalue weighted by Crippen LogP contribution is -2.26. The Balaban J connectivity index is 0.00000300. The molecule has 29 heavy (non-hydrogen) atoms. The number of hydrogen-bond donors (Lipinski definition) is 2. The van der Waals surface area contributed by atoms with Crippen molar-refractivity contribution >= 4 is 50.0 Å². The van der Waals surface area contributed by atoms with Crippen molar-refractivity contribution in [1.82, 2.24) is 5.32 Å². The molecule has 1 atom stereocenters. The van der Waals surface area contributed by atoms with E-state index in [1.807, 2.05) is 6.07 Å². The summed E-state index contributed by atoms with van der Waals surface area (Å²) in [7, 11) is -2.39. The van der Waals surface area contributed by atoms with Crippen LogP contribution in [-0.4, -0.2) is 33.1 Å². The number of nitrogens with one attached hydrogen (secondary N) is 1. The van der Waals surface area contributed by atoms with Gasteiger partial charge in [0, 0.05) is 13.5 Å². The second kappa shape index (κ2) is 9.42. The smallest absolute Gasteiger partial charge is 0.303 e. The second-order valence-corrected chi connectivity index (χ2v) is 9.37. The SMILES string of the molecule is CN1c2ccccc2C(NCCCCC(=O)O)c2cc(F)c(Br)cc2S1(=O)=O.Cl. The van der Waals surface area contributed by atoms with E-state index in [-0.39, 0.29) is 28.2 Å². The Kier molecular flexibility index (Phi) is 7.67. The summed E-state index contributed by atoms with van der Waals surface area (Å²) in [5.74, 6) is -1.40. The molecule has 0 spiro atoms. The van der Waals surface area contributed by atoms with Crippen molar-refractivity contribution in [3.05, 3.63) is 57.8 Å². The van der Waals surface area contributed by atoms with Gasteiger partial charge in [-0.05, 0) is 64.6 Å². The van der Waals surface area contributed by atoms with E-state index in [2.05, 4.69) is 21.2 Å². The highest BCUT2D eigenvalue weighted by Gasteiger charge is 2.35. The molecule has 1 unspecified atom stereocenters. The van der Waals surface area contributed by atoms with Crippen molar-refractivity contribution < 1.29 is 22.7 Å². The molecule has 0 aliphatic carbocycles. The van der Waals surface area contributed by atoms with Crippen LogP contribution in [0.2, 0.25) is 0 Å². The summed E-state index contributed by atoms with van der Waals surface area (Å²) in [5, 5.41) is 12.1. The topological polar surface area (TPSA) is 86.7 Å². The number of carboxylic acid groups (broad SMARTS) is 1. The molecule has 2 aromatic rings. The Morgan fingerprint density at radius 2 is 1.93 bits per heavy atom. The van der Waals surface area contributed by atoms with Gasteiger partial charge in [-0.1, -0.05) is 18.2 Å². The van der Waals surface area contributed by atoms with E-state index in [0.29, 0.717) is 36.2 Å². The number of nitrogens with zero attached hydrogens (tertiary/aromatic N) is 1. The van der Waals surface area contributed by atoms with Gasteiger partial charge in [-0.15, -0.1) is 12.4 Å². The monoisotopic (exact) mass is 506 g/mol. The lowest BCUT2D eigenvalue weighted by molar-refractivity contribution is -0.137. The first kappa shape index (κ1) is 23.6. The molecule has 0 bridgehead atoms. The number of carbonyl (C=O) groups is 1. The highest BCUT2D eigenvalue weighted by atomic mass is 79.9. The van der Waals surface area contributed by atoms with Crippen LogP contribution in [0.4, 0.5) is 10.1 Å². The molecule has 0 radical (unpaired) electrons. The number of para-hydroxylation sites is 1. The molecular formula is C19H21BrClFN2O4S. The minimum Gasteiger partial charge on any atom is -0.481 e. The second-order valence-electron chi connectivity index (χ2n) is 6.57. The number of aliphatic carboxylic acids is 1. The van der Waals surface area contributed by atoms with Crippen LogP contribution in [0.1, 0.15) is 36.4 Å². The number of carboxylic acids is 1. The molecule has 158 valence electrons. The summed E-state index contributed by atoms with van der Waals surface area (Å²) in [5.41, 5.74) is 1.56. The van der Waals surface area contributed by atoms with Gasteiger partial charge < -0.3 is 10.4 Å². The third-order valence-corrected chi connectivity index (χ3v) is 7.19. The molecule has 0 amide bonds. The average molecular weight is 508 g/mol. The fourth-order valence-corrected chi connectivity index (χ4v) is 5.28. The normalized spacial score (nSPS) is 16.9. The van der Waals surface area contributed by atoms with Crippen molar-refractivity contribution in [2.24, 2.45) is 0 Å². The quantitative estimate of drug-likeness (QED) is 0.575. The predicted molar refractivity (Wildman–Crippen MR) is 115 cm³/mol. The van der Waals surface area contributed by atoms with Crippen LogP contribution in [-0.2, 0) is 14.8 Å². The molecule has 1 aliphatic rings. The van der Waals surface area contributed by atoms with Gasteiger partial charge in [0.2, 0.25) is 0 Å². The molecule has 3 rings (SSSR count). The number of unbranched alkanes of at least 4 members (excludes halogenated alkanes) is 1. The van der Waals surface area contributed by atoms with Gasteiger partial charge in [-0.3, -0.25) is 9.10 Å². The Labute approximate surface area is 183 Å². The molecular weight excluding hydrogens is 487 g/mol. The van der Waals surface area contributed by atoms with Crippen LogP contribution in [0.15, 0.2) is 45.8 Å². The number of benzene rings is 2.